The van der Waals surface area contributed by atoms with Crippen molar-refractivity contribution < 1.29 is 0 Å². The quantitative estimate of drug-likeness (QED) is 0.155. The average molecular weight is 853 g/mol. The smallest absolute Gasteiger partial charge is 0.0703 e. The van der Waals surface area contributed by atoms with Crippen LogP contribution >= 0.6 is 0 Å². The van der Waals surface area contributed by atoms with E-state index in [1.54, 1.807) is 0 Å². The minimum absolute atomic E-state index is 0.207. The van der Waals surface area contributed by atoms with E-state index in [0.29, 0.717) is 0 Å². The molecule has 0 radical (unpaired) electrons. The molecule has 0 fully saturated rings. The van der Waals surface area contributed by atoms with E-state index in [1.165, 1.54) is 32.7 Å². The zero-order valence-electron chi connectivity index (χ0n) is 38.0. The van der Waals surface area contributed by atoms with E-state index in [4.69, 9.17) is 19.9 Å². The molecule has 318 valence electrons. The van der Waals surface area contributed by atoms with Crippen molar-refractivity contribution in [2.75, 3.05) is 9.80 Å². The van der Waals surface area contributed by atoms with E-state index in [9.17, 15) is 0 Å². The fraction of sp³-hybridized carbons (Fsp3) is 0.133. The lowest BCUT2D eigenvalue weighted by Crippen LogP contribution is -2.18. The molecule has 0 N–H and O–H groups in total. The highest BCUT2D eigenvalue weighted by Crippen LogP contribution is 2.52. The van der Waals surface area contributed by atoms with Crippen LogP contribution < -0.4 is 9.80 Å². The number of rotatable bonds is 6. The summed E-state index contributed by atoms with van der Waals surface area (Å²) in [5, 5.41) is 11.6. The van der Waals surface area contributed by atoms with Gasteiger partial charge in [-0.2, -0.15) is 0 Å². The summed E-state index contributed by atoms with van der Waals surface area (Å²) < 4.78 is 0. The highest BCUT2D eigenvalue weighted by atomic mass is 15.2. The molecule has 0 saturated heterocycles. The monoisotopic (exact) mass is 852 g/mol. The Morgan fingerprint density at radius 3 is 0.879 bits per heavy atom. The lowest BCUT2D eigenvalue weighted by molar-refractivity contribution is 0.595. The Kier molecular flexibility index (Phi) is 8.88. The predicted molar refractivity (Wildman–Crippen MR) is 278 cm³/mol. The molecule has 0 atom stereocenters. The molecule has 0 aliphatic carbocycles. The SMILES string of the molecule is CC(C)(C)c1cc(N(c2cnc3ccccc3c2)c2cnc3ccccc3c2)c2ccc3c(C(C)(C)C)cc(N(c4cnc5ccccc5c4)c4cnc5ccccc5c4)c4ccc1c2c43. The van der Waals surface area contributed by atoms with Crippen LogP contribution in [0.15, 0.2) is 183 Å². The van der Waals surface area contributed by atoms with Crippen molar-refractivity contribution >= 4 is 110 Å². The lowest BCUT2D eigenvalue weighted by Gasteiger charge is -2.33. The molecule has 6 nitrogen and oxygen atoms in total. The van der Waals surface area contributed by atoms with E-state index in [1.807, 2.05) is 49.1 Å². The molecule has 0 aliphatic rings. The summed E-state index contributed by atoms with van der Waals surface area (Å²) in [7, 11) is 0. The van der Waals surface area contributed by atoms with Gasteiger partial charge in [-0.3, -0.25) is 19.9 Å². The number of benzene rings is 8. The number of hydrogen-bond acceptors (Lipinski definition) is 6. The van der Waals surface area contributed by atoms with Crippen molar-refractivity contribution in [2.45, 2.75) is 52.4 Å². The second kappa shape index (κ2) is 14.8. The molecule has 8 aromatic carbocycles. The van der Waals surface area contributed by atoms with E-state index in [-0.39, 0.29) is 10.8 Å². The van der Waals surface area contributed by atoms with Crippen LogP contribution in [0.5, 0.6) is 0 Å². The van der Waals surface area contributed by atoms with Gasteiger partial charge in [-0.15, -0.1) is 0 Å². The number of hydrogen-bond donors (Lipinski definition) is 0. The molecule has 4 heterocycles. The van der Waals surface area contributed by atoms with E-state index >= 15 is 0 Å². The maximum Gasteiger partial charge on any atom is 0.0703 e. The highest BCUT2D eigenvalue weighted by molar-refractivity contribution is 6.29. The molecular weight excluding hydrogens is 805 g/mol. The third kappa shape index (κ3) is 6.47. The number of fused-ring (bicyclic) bond motifs is 4. The Labute approximate surface area is 384 Å². The number of nitrogens with zero attached hydrogens (tertiary/aromatic N) is 6. The number of pyridine rings is 4. The summed E-state index contributed by atoms with van der Waals surface area (Å²) in [5.41, 5.74) is 12.0. The number of aromatic nitrogens is 4. The summed E-state index contributed by atoms with van der Waals surface area (Å²) in [5.74, 6) is 0. The largest absolute Gasteiger partial charge is 0.307 e. The number of para-hydroxylation sites is 4. The molecule has 0 bridgehead atoms. The first-order chi connectivity index (χ1) is 32.0. The van der Waals surface area contributed by atoms with Gasteiger partial charge in [0.05, 0.1) is 81.0 Å². The van der Waals surface area contributed by atoms with E-state index in [0.717, 1.165) is 88.5 Å². The van der Waals surface area contributed by atoms with E-state index in [2.05, 4.69) is 185 Å². The lowest BCUT2D eigenvalue weighted by atomic mass is 9.77. The zero-order valence-corrected chi connectivity index (χ0v) is 38.0. The van der Waals surface area contributed by atoms with E-state index < -0.39 is 0 Å². The van der Waals surface area contributed by atoms with Gasteiger partial charge in [0.2, 0.25) is 0 Å². The molecular formula is C60H48N6. The van der Waals surface area contributed by atoms with Crippen molar-refractivity contribution in [3.05, 3.63) is 194 Å². The van der Waals surface area contributed by atoms with Crippen molar-refractivity contribution in [1.82, 2.24) is 19.9 Å². The van der Waals surface area contributed by atoms with Crippen molar-refractivity contribution in [3.8, 4) is 0 Å². The molecule has 0 saturated carbocycles. The minimum atomic E-state index is -0.207. The van der Waals surface area contributed by atoms with Crippen LogP contribution in [-0.4, -0.2) is 19.9 Å². The van der Waals surface area contributed by atoms with Crippen LogP contribution in [0.2, 0.25) is 0 Å². The van der Waals surface area contributed by atoms with Crippen LogP contribution in [0.25, 0.3) is 75.9 Å². The maximum atomic E-state index is 5.04. The topological polar surface area (TPSA) is 58.0 Å². The molecule has 0 amide bonds. The predicted octanol–water partition coefficient (Wildman–Crippen LogP) is 16.3. The first-order valence-corrected chi connectivity index (χ1v) is 22.8. The molecule has 0 aliphatic heterocycles. The van der Waals surface area contributed by atoms with Gasteiger partial charge in [0.1, 0.15) is 0 Å². The molecule has 12 rings (SSSR count). The summed E-state index contributed by atoms with van der Waals surface area (Å²) in [6, 6.07) is 56.7. The summed E-state index contributed by atoms with van der Waals surface area (Å²) in [4.78, 5) is 24.9. The van der Waals surface area contributed by atoms with Gasteiger partial charge < -0.3 is 9.80 Å². The third-order valence-electron chi connectivity index (χ3n) is 13.3. The molecule has 12 aromatic rings. The molecule has 6 heteroatoms. The standard InChI is InChI=1S/C60H48N6/c1-59(2,3)49-31-55(65(41-27-37-15-7-11-19-51(37)61-33-41)42-28-38-16-8-12-20-52(38)62-34-42)47-26-24-46-50(60(4,5)6)32-56(48-25-23-45(49)57(47)58(46)48)66(43-29-39-17-9-13-21-53(39)63-35-43)44-30-40-18-10-14-22-54(40)64-36-44/h7-36H,1-6H3. The Morgan fingerprint density at radius 2 is 0.591 bits per heavy atom. The van der Waals surface area contributed by atoms with Crippen molar-refractivity contribution in [2.24, 2.45) is 0 Å². The normalized spacial score (nSPS) is 12.4. The Balaban J connectivity index is 1.21. The van der Waals surface area contributed by atoms with Crippen LogP contribution in [-0.2, 0) is 10.8 Å². The molecule has 0 spiro atoms. The first-order valence-electron chi connectivity index (χ1n) is 22.8. The molecule has 66 heavy (non-hydrogen) atoms. The van der Waals surface area contributed by atoms with Crippen LogP contribution in [0.3, 0.4) is 0 Å². The highest BCUT2D eigenvalue weighted by Gasteiger charge is 2.30. The van der Waals surface area contributed by atoms with Crippen LogP contribution in [0.4, 0.5) is 34.1 Å². The summed E-state index contributed by atoms with van der Waals surface area (Å²) >= 11 is 0. The van der Waals surface area contributed by atoms with Gasteiger partial charge in [-0.05, 0) is 104 Å². The van der Waals surface area contributed by atoms with Gasteiger partial charge in [-0.25, -0.2) is 0 Å². The number of anilines is 6. The third-order valence-corrected chi connectivity index (χ3v) is 13.3. The van der Waals surface area contributed by atoms with Crippen molar-refractivity contribution in [1.29, 1.82) is 0 Å². The Hall–Kier alpha value is -7.96. The second-order valence-electron chi connectivity index (χ2n) is 19.7. The van der Waals surface area contributed by atoms with Crippen molar-refractivity contribution in [3.63, 3.8) is 0 Å². The van der Waals surface area contributed by atoms with Gasteiger partial charge in [0.15, 0.2) is 0 Å². The fourth-order valence-corrected chi connectivity index (χ4v) is 10.1. The summed E-state index contributed by atoms with van der Waals surface area (Å²) in [6.45, 7) is 14.0. The Bertz CT molecular complexity index is 3470. The zero-order chi connectivity index (χ0) is 44.9. The second-order valence-corrected chi connectivity index (χ2v) is 19.7. The van der Waals surface area contributed by atoms with Gasteiger partial charge in [0.25, 0.3) is 0 Å². The van der Waals surface area contributed by atoms with Gasteiger partial charge in [0, 0.05) is 32.3 Å². The minimum Gasteiger partial charge on any atom is -0.307 e. The molecule has 0 unspecified atom stereocenters. The maximum absolute atomic E-state index is 5.04. The van der Waals surface area contributed by atoms with Gasteiger partial charge in [-0.1, -0.05) is 139 Å². The summed E-state index contributed by atoms with van der Waals surface area (Å²) in [6.07, 6.45) is 8.04. The van der Waals surface area contributed by atoms with Crippen LogP contribution in [0.1, 0.15) is 52.7 Å². The fourth-order valence-electron chi connectivity index (χ4n) is 10.1. The van der Waals surface area contributed by atoms with Crippen LogP contribution in [0, 0.1) is 0 Å². The average Bonchev–Trinajstić information content (AvgIpc) is 3.33. The van der Waals surface area contributed by atoms with Gasteiger partial charge >= 0.3 is 0 Å². The Morgan fingerprint density at radius 1 is 0.318 bits per heavy atom. The first kappa shape index (κ1) is 39.6. The molecule has 4 aromatic heterocycles.